The Morgan fingerprint density at radius 1 is 1.29 bits per heavy atom. The fraction of sp³-hybridized carbons (Fsp3) is 0.533. The zero-order chi connectivity index (χ0) is 12.4. The van der Waals surface area contributed by atoms with Crippen molar-refractivity contribution < 1.29 is 9.90 Å². The number of aliphatic carboxylic acids is 1. The second-order valence-electron chi connectivity index (χ2n) is 5.56. The highest BCUT2D eigenvalue weighted by molar-refractivity contribution is 5.73. The first-order valence-corrected chi connectivity index (χ1v) is 6.37. The van der Waals surface area contributed by atoms with Gasteiger partial charge < -0.3 is 5.11 Å². The average Bonchev–Trinajstić information content (AvgIpc) is 3.00. The summed E-state index contributed by atoms with van der Waals surface area (Å²) in [6.45, 7) is 4.44. The standard InChI is InChI=1S/C15H20O2/c1-10(2)7-11-3-5-12(6-4-11)8-13-9-14(13)15(16)17/h3-6,10,13-14H,7-9H2,1-2H3,(H,16,17). The van der Waals surface area contributed by atoms with E-state index in [4.69, 9.17) is 5.11 Å². The summed E-state index contributed by atoms with van der Waals surface area (Å²) >= 11 is 0. The second kappa shape index (κ2) is 4.91. The highest BCUT2D eigenvalue weighted by Gasteiger charge is 2.42. The number of benzene rings is 1. The van der Waals surface area contributed by atoms with Crippen molar-refractivity contribution in [3.63, 3.8) is 0 Å². The lowest BCUT2D eigenvalue weighted by molar-refractivity contribution is -0.138. The lowest BCUT2D eigenvalue weighted by atomic mass is 10.00. The maximum atomic E-state index is 10.7. The van der Waals surface area contributed by atoms with Crippen LogP contribution < -0.4 is 0 Å². The van der Waals surface area contributed by atoms with Gasteiger partial charge in [0.25, 0.3) is 0 Å². The molecule has 17 heavy (non-hydrogen) atoms. The summed E-state index contributed by atoms with van der Waals surface area (Å²) in [5.74, 6) is 0.320. The van der Waals surface area contributed by atoms with E-state index in [-0.39, 0.29) is 5.92 Å². The minimum Gasteiger partial charge on any atom is -0.481 e. The molecule has 0 saturated heterocycles. The molecule has 0 radical (unpaired) electrons. The monoisotopic (exact) mass is 232 g/mol. The van der Waals surface area contributed by atoms with Crippen LogP contribution >= 0.6 is 0 Å². The van der Waals surface area contributed by atoms with Crippen molar-refractivity contribution in [1.82, 2.24) is 0 Å². The summed E-state index contributed by atoms with van der Waals surface area (Å²) in [5, 5.41) is 8.84. The van der Waals surface area contributed by atoms with Gasteiger partial charge in [-0.2, -0.15) is 0 Å². The summed E-state index contributed by atoms with van der Waals surface area (Å²) in [5.41, 5.74) is 2.64. The first kappa shape index (κ1) is 12.2. The lowest BCUT2D eigenvalue weighted by Crippen LogP contribution is -2.01. The van der Waals surface area contributed by atoms with Crippen LogP contribution in [0.4, 0.5) is 0 Å². The molecule has 2 heteroatoms. The largest absolute Gasteiger partial charge is 0.481 e. The first-order chi connectivity index (χ1) is 8.06. The molecule has 2 nitrogen and oxygen atoms in total. The number of carboxylic acid groups (broad SMARTS) is 1. The Hall–Kier alpha value is -1.31. The van der Waals surface area contributed by atoms with Crippen molar-refractivity contribution in [2.24, 2.45) is 17.8 Å². The minimum atomic E-state index is -0.633. The molecule has 1 saturated carbocycles. The Kier molecular flexibility index (Phi) is 3.51. The molecule has 2 unspecified atom stereocenters. The predicted molar refractivity (Wildman–Crippen MR) is 67.9 cm³/mol. The van der Waals surface area contributed by atoms with Gasteiger partial charge in [0, 0.05) is 0 Å². The van der Waals surface area contributed by atoms with Crippen molar-refractivity contribution in [2.75, 3.05) is 0 Å². The minimum absolute atomic E-state index is 0.0923. The van der Waals surface area contributed by atoms with E-state index in [0.29, 0.717) is 11.8 Å². The van der Waals surface area contributed by atoms with Crippen LogP contribution in [0.25, 0.3) is 0 Å². The Bertz CT molecular complexity index is 392. The third-order valence-corrected chi connectivity index (χ3v) is 3.40. The fourth-order valence-electron chi connectivity index (χ4n) is 2.36. The fourth-order valence-corrected chi connectivity index (χ4v) is 2.36. The molecule has 1 aromatic carbocycles. The molecule has 0 bridgehead atoms. The number of carboxylic acids is 1. The zero-order valence-corrected chi connectivity index (χ0v) is 10.5. The molecule has 1 fully saturated rings. The van der Waals surface area contributed by atoms with E-state index in [2.05, 4.69) is 38.1 Å². The number of hydrogen-bond acceptors (Lipinski definition) is 1. The third kappa shape index (κ3) is 3.32. The van der Waals surface area contributed by atoms with Crippen LogP contribution in [0.15, 0.2) is 24.3 Å². The summed E-state index contributed by atoms with van der Waals surface area (Å²) in [6, 6.07) is 8.64. The van der Waals surface area contributed by atoms with Gasteiger partial charge in [0.15, 0.2) is 0 Å². The van der Waals surface area contributed by atoms with Crippen molar-refractivity contribution in [1.29, 1.82) is 0 Å². The maximum absolute atomic E-state index is 10.7. The van der Waals surface area contributed by atoms with E-state index >= 15 is 0 Å². The van der Waals surface area contributed by atoms with E-state index in [1.165, 1.54) is 11.1 Å². The summed E-state index contributed by atoms with van der Waals surface area (Å²) in [7, 11) is 0. The van der Waals surface area contributed by atoms with Gasteiger partial charge in [-0.25, -0.2) is 0 Å². The van der Waals surface area contributed by atoms with Crippen LogP contribution in [-0.2, 0) is 17.6 Å². The average molecular weight is 232 g/mol. The van der Waals surface area contributed by atoms with Crippen molar-refractivity contribution in [3.05, 3.63) is 35.4 Å². The lowest BCUT2D eigenvalue weighted by Gasteiger charge is -2.06. The Labute approximate surface area is 103 Å². The third-order valence-electron chi connectivity index (χ3n) is 3.40. The van der Waals surface area contributed by atoms with Crippen LogP contribution in [0.3, 0.4) is 0 Å². The highest BCUT2D eigenvalue weighted by Crippen LogP contribution is 2.41. The molecule has 1 aliphatic carbocycles. The quantitative estimate of drug-likeness (QED) is 0.846. The second-order valence-corrected chi connectivity index (χ2v) is 5.56. The summed E-state index contributed by atoms with van der Waals surface area (Å²) in [6.07, 6.45) is 2.88. The molecule has 0 heterocycles. The van der Waals surface area contributed by atoms with Crippen LogP contribution in [0, 0.1) is 17.8 Å². The van der Waals surface area contributed by atoms with Gasteiger partial charge in [-0.1, -0.05) is 38.1 Å². The van der Waals surface area contributed by atoms with E-state index in [9.17, 15) is 4.79 Å². The molecule has 92 valence electrons. The summed E-state index contributed by atoms with van der Waals surface area (Å²) < 4.78 is 0. The molecule has 2 atom stereocenters. The van der Waals surface area contributed by atoms with Crippen LogP contribution in [0.1, 0.15) is 31.4 Å². The molecular formula is C15H20O2. The maximum Gasteiger partial charge on any atom is 0.306 e. The van der Waals surface area contributed by atoms with Gasteiger partial charge in [-0.3, -0.25) is 4.79 Å². The van der Waals surface area contributed by atoms with E-state index < -0.39 is 5.97 Å². The van der Waals surface area contributed by atoms with Crippen LogP contribution in [-0.4, -0.2) is 11.1 Å². The molecule has 1 N–H and O–H groups in total. The molecule has 0 aromatic heterocycles. The Balaban J connectivity index is 1.89. The molecular weight excluding hydrogens is 212 g/mol. The van der Waals surface area contributed by atoms with Crippen LogP contribution in [0.5, 0.6) is 0 Å². The summed E-state index contributed by atoms with van der Waals surface area (Å²) in [4.78, 5) is 10.7. The van der Waals surface area contributed by atoms with E-state index in [0.717, 1.165) is 19.3 Å². The molecule has 2 rings (SSSR count). The molecule has 1 aromatic rings. The number of hydrogen-bond donors (Lipinski definition) is 1. The smallest absolute Gasteiger partial charge is 0.306 e. The Morgan fingerprint density at radius 2 is 1.88 bits per heavy atom. The van der Waals surface area contributed by atoms with Crippen molar-refractivity contribution in [3.8, 4) is 0 Å². The zero-order valence-electron chi connectivity index (χ0n) is 10.5. The predicted octanol–water partition coefficient (Wildman–Crippen LogP) is 3.15. The van der Waals surface area contributed by atoms with E-state index in [1.54, 1.807) is 0 Å². The highest BCUT2D eigenvalue weighted by atomic mass is 16.4. The SMILES string of the molecule is CC(C)Cc1ccc(CC2CC2C(=O)O)cc1. The van der Waals surface area contributed by atoms with Gasteiger partial charge in [0.1, 0.15) is 0 Å². The Morgan fingerprint density at radius 3 is 2.35 bits per heavy atom. The molecule has 0 amide bonds. The van der Waals surface area contributed by atoms with Crippen molar-refractivity contribution >= 4 is 5.97 Å². The number of carbonyl (C=O) groups is 1. The molecule has 0 spiro atoms. The van der Waals surface area contributed by atoms with Gasteiger partial charge in [-0.05, 0) is 42.2 Å². The first-order valence-electron chi connectivity index (χ1n) is 6.37. The van der Waals surface area contributed by atoms with Gasteiger partial charge in [0.2, 0.25) is 0 Å². The number of rotatable bonds is 5. The van der Waals surface area contributed by atoms with Crippen LogP contribution in [0.2, 0.25) is 0 Å². The van der Waals surface area contributed by atoms with Gasteiger partial charge >= 0.3 is 5.97 Å². The van der Waals surface area contributed by atoms with E-state index in [1.807, 2.05) is 0 Å². The molecule has 0 aliphatic heterocycles. The van der Waals surface area contributed by atoms with Gasteiger partial charge in [-0.15, -0.1) is 0 Å². The normalized spacial score (nSPS) is 22.8. The van der Waals surface area contributed by atoms with Gasteiger partial charge in [0.05, 0.1) is 5.92 Å². The van der Waals surface area contributed by atoms with Crippen molar-refractivity contribution in [2.45, 2.75) is 33.1 Å². The topological polar surface area (TPSA) is 37.3 Å². The molecule has 1 aliphatic rings.